The quantitative estimate of drug-likeness (QED) is 0.467. The smallest absolute Gasteiger partial charge is 0.0346 e. The van der Waals surface area contributed by atoms with E-state index in [1.807, 2.05) is 7.05 Å². The van der Waals surface area contributed by atoms with Gasteiger partial charge in [-0.25, -0.2) is 0 Å². The molecule has 0 bridgehead atoms. The van der Waals surface area contributed by atoms with Gasteiger partial charge >= 0.3 is 0 Å². The van der Waals surface area contributed by atoms with Gasteiger partial charge in [-0.1, -0.05) is 72.3 Å². The number of rotatable bonds is 7. The number of nitrogens with one attached hydrogen (secondary N) is 1. The molecule has 1 aromatic carbocycles. The van der Waals surface area contributed by atoms with Crippen LogP contribution in [0.1, 0.15) is 86.8 Å². The molecule has 0 radical (unpaired) electrons. The molecule has 0 aliphatic rings. The van der Waals surface area contributed by atoms with Crippen molar-refractivity contribution in [3.63, 3.8) is 0 Å². The highest BCUT2D eigenvalue weighted by Gasteiger charge is 2.22. The molecule has 1 rings (SSSR count). The molecule has 0 spiro atoms. The average molecular weight is 382 g/mol. The van der Waals surface area contributed by atoms with Crippen molar-refractivity contribution < 1.29 is 0 Å². The Labute approximate surface area is 175 Å². The maximum absolute atomic E-state index is 4.63. The van der Waals surface area contributed by atoms with E-state index in [1.165, 1.54) is 33.4 Å². The summed E-state index contributed by atoms with van der Waals surface area (Å²) in [6.07, 6.45) is 1.14. The molecule has 0 aliphatic heterocycles. The molecular weight excluding hydrogens is 338 g/mol. The SMILES string of the molecule is C=C(/C(C(=C(C)C)C(C)C)=C(\C)C(C)CC)c1cc(NC)cc(C(C)(C)C)c1. The van der Waals surface area contributed by atoms with Crippen LogP contribution in [0.25, 0.3) is 5.57 Å². The Morgan fingerprint density at radius 3 is 2.00 bits per heavy atom. The lowest BCUT2D eigenvalue weighted by Crippen LogP contribution is -2.13. The predicted molar refractivity (Wildman–Crippen MR) is 129 cm³/mol. The van der Waals surface area contributed by atoms with Crippen molar-refractivity contribution in [1.29, 1.82) is 0 Å². The van der Waals surface area contributed by atoms with Gasteiger partial charge in [-0.2, -0.15) is 0 Å². The molecule has 1 unspecified atom stereocenters. The van der Waals surface area contributed by atoms with Crippen LogP contribution in [0.4, 0.5) is 5.69 Å². The molecule has 156 valence electrons. The summed E-state index contributed by atoms with van der Waals surface area (Å²) in [4.78, 5) is 0. The van der Waals surface area contributed by atoms with E-state index in [4.69, 9.17) is 0 Å². The van der Waals surface area contributed by atoms with Crippen LogP contribution in [-0.4, -0.2) is 7.05 Å². The lowest BCUT2D eigenvalue weighted by atomic mass is 9.78. The molecule has 0 saturated heterocycles. The van der Waals surface area contributed by atoms with Gasteiger partial charge < -0.3 is 5.32 Å². The summed E-state index contributed by atoms with van der Waals surface area (Å²) in [5, 5.41) is 3.34. The van der Waals surface area contributed by atoms with E-state index in [2.05, 4.69) is 99.3 Å². The van der Waals surface area contributed by atoms with Gasteiger partial charge in [0, 0.05) is 12.7 Å². The third-order valence-corrected chi connectivity index (χ3v) is 5.87. The normalized spacial score (nSPS) is 13.9. The van der Waals surface area contributed by atoms with E-state index in [0.29, 0.717) is 11.8 Å². The zero-order valence-corrected chi connectivity index (χ0v) is 20.3. The zero-order valence-electron chi connectivity index (χ0n) is 20.3. The van der Waals surface area contributed by atoms with Gasteiger partial charge in [0.05, 0.1) is 0 Å². The zero-order chi connectivity index (χ0) is 21.8. The van der Waals surface area contributed by atoms with E-state index >= 15 is 0 Å². The first kappa shape index (κ1) is 24.3. The Balaban J connectivity index is 3.79. The van der Waals surface area contributed by atoms with Crippen molar-refractivity contribution >= 4 is 11.3 Å². The molecule has 0 aliphatic carbocycles. The molecule has 0 fully saturated rings. The molecule has 1 heteroatoms. The summed E-state index contributed by atoms with van der Waals surface area (Å²) < 4.78 is 0. The van der Waals surface area contributed by atoms with Crippen molar-refractivity contribution in [2.75, 3.05) is 12.4 Å². The first-order chi connectivity index (χ1) is 12.8. The second kappa shape index (κ2) is 9.63. The molecule has 1 aromatic rings. The van der Waals surface area contributed by atoms with Crippen LogP contribution in [0.5, 0.6) is 0 Å². The predicted octanol–water partition coefficient (Wildman–Crippen LogP) is 8.39. The van der Waals surface area contributed by atoms with Crippen molar-refractivity contribution in [3.8, 4) is 0 Å². The maximum Gasteiger partial charge on any atom is 0.0346 e. The molecule has 0 amide bonds. The molecule has 0 aromatic heterocycles. The summed E-state index contributed by atoms with van der Waals surface area (Å²) in [5.74, 6) is 1.000. The highest BCUT2D eigenvalue weighted by atomic mass is 14.8. The van der Waals surface area contributed by atoms with Gasteiger partial charge in [-0.15, -0.1) is 0 Å². The van der Waals surface area contributed by atoms with Crippen LogP contribution >= 0.6 is 0 Å². The molecule has 0 saturated carbocycles. The first-order valence-electron chi connectivity index (χ1n) is 10.8. The Kier molecular flexibility index (Phi) is 8.35. The van der Waals surface area contributed by atoms with Gasteiger partial charge in [-0.3, -0.25) is 0 Å². The van der Waals surface area contributed by atoms with Gasteiger partial charge in [0.1, 0.15) is 0 Å². The summed E-state index contributed by atoms with van der Waals surface area (Å²) in [5.41, 5.74) is 10.6. The van der Waals surface area contributed by atoms with E-state index < -0.39 is 0 Å². The van der Waals surface area contributed by atoms with Crippen molar-refractivity contribution in [3.05, 3.63) is 58.2 Å². The highest BCUT2D eigenvalue weighted by molar-refractivity contribution is 5.85. The van der Waals surface area contributed by atoms with Crippen molar-refractivity contribution in [1.82, 2.24) is 0 Å². The van der Waals surface area contributed by atoms with E-state index in [1.54, 1.807) is 0 Å². The first-order valence-corrected chi connectivity index (χ1v) is 10.8. The third-order valence-electron chi connectivity index (χ3n) is 5.87. The fourth-order valence-corrected chi connectivity index (χ4v) is 3.81. The highest BCUT2D eigenvalue weighted by Crippen LogP contribution is 2.39. The number of allylic oxidation sites excluding steroid dienone is 5. The number of benzene rings is 1. The number of anilines is 1. The summed E-state index contributed by atoms with van der Waals surface area (Å²) in [6, 6.07) is 6.83. The van der Waals surface area contributed by atoms with E-state index in [-0.39, 0.29) is 5.41 Å². The minimum absolute atomic E-state index is 0.0922. The van der Waals surface area contributed by atoms with E-state index in [0.717, 1.165) is 17.7 Å². The van der Waals surface area contributed by atoms with Crippen LogP contribution in [0.2, 0.25) is 0 Å². The monoisotopic (exact) mass is 381 g/mol. The molecule has 1 N–H and O–H groups in total. The number of hydrogen-bond acceptors (Lipinski definition) is 1. The fraction of sp³-hybridized carbons (Fsp3) is 0.556. The molecule has 1 atom stereocenters. The van der Waals surface area contributed by atoms with Crippen molar-refractivity contribution in [2.45, 2.75) is 81.1 Å². The van der Waals surface area contributed by atoms with Crippen LogP contribution in [0, 0.1) is 11.8 Å². The molecule has 0 heterocycles. The minimum Gasteiger partial charge on any atom is -0.388 e. The summed E-state index contributed by atoms with van der Waals surface area (Å²) in [6.45, 7) is 27.4. The van der Waals surface area contributed by atoms with Gasteiger partial charge in [-0.05, 0) is 84.4 Å². The Hall–Kier alpha value is -1.76. The van der Waals surface area contributed by atoms with Gasteiger partial charge in [0.15, 0.2) is 0 Å². The van der Waals surface area contributed by atoms with Gasteiger partial charge in [0.2, 0.25) is 0 Å². The Morgan fingerprint density at radius 1 is 1.04 bits per heavy atom. The lowest BCUT2D eigenvalue weighted by molar-refractivity contribution is 0.590. The van der Waals surface area contributed by atoms with Gasteiger partial charge in [0.25, 0.3) is 0 Å². The van der Waals surface area contributed by atoms with E-state index in [9.17, 15) is 0 Å². The second-order valence-corrected chi connectivity index (χ2v) is 9.71. The molecular formula is C27H43N. The summed E-state index contributed by atoms with van der Waals surface area (Å²) in [7, 11) is 1.99. The Bertz CT molecular complexity index is 762. The fourth-order valence-electron chi connectivity index (χ4n) is 3.81. The largest absolute Gasteiger partial charge is 0.388 e. The second-order valence-electron chi connectivity index (χ2n) is 9.71. The lowest BCUT2D eigenvalue weighted by Gasteiger charge is -2.27. The Morgan fingerprint density at radius 2 is 1.61 bits per heavy atom. The maximum atomic E-state index is 4.63. The average Bonchev–Trinajstić information content (AvgIpc) is 2.62. The third kappa shape index (κ3) is 5.63. The minimum atomic E-state index is 0.0922. The van der Waals surface area contributed by atoms with Crippen LogP contribution in [0.3, 0.4) is 0 Å². The van der Waals surface area contributed by atoms with Crippen LogP contribution < -0.4 is 5.32 Å². The standard InChI is InChI=1S/C27H43N/c1-13-19(6)20(7)26(25(17(2)3)18(4)5)21(8)22-14-23(27(9,10)11)16-24(15-22)28-12/h14-17,19,28H,8,13H2,1-7,9-12H3/b26-20-. The van der Waals surface area contributed by atoms with Crippen LogP contribution in [0.15, 0.2) is 47.1 Å². The molecule has 28 heavy (non-hydrogen) atoms. The van der Waals surface area contributed by atoms with Crippen LogP contribution in [-0.2, 0) is 5.41 Å². The van der Waals surface area contributed by atoms with Crippen molar-refractivity contribution in [2.24, 2.45) is 11.8 Å². The topological polar surface area (TPSA) is 12.0 Å². The summed E-state index contributed by atoms with van der Waals surface area (Å²) >= 11 is 0. The molecule has 1 nitrogen and oxygen atoms in total. The number of hydrogen-bond donors (Lipinski definition) is 1.